The van der Waals surface area contributed by atoms with E-state index in [0.29, 0.717) is 44.0 Å². The number of aromatic amines is 1. The number of nitrogens with one attached hydrogen (secondary N) is 2. The van der Waals surface area contributed by atoms with E-state index in [9.17, 15) is 9.59 Å². The van der Waals surface area contributed by atoms with Crippen molar-refractivity contribution in [2.24, 2.45) is 0 Å². The van der Waals surface area contributed by atoms with Gasteiger partial charge in [-0.15, -0.1) is 0 Å². The van der Waals surface area contributed by atoms with E-state index in [2.05, 4.69) is 27.4 Å². The minimum Gasteiger partial charge on any atom is -0.354 e. The van der Waals surface area contributed by atoms with Crippen LogP contribution in [0.15, 0.2) is 60.8 Å². The van der Waals surface area contributed by atoms with Crippen LogP contribution in [0.5, 0.6) is 0 Å². The van der Waals surface area contributed by atoms with Gasteiger partial charge in [0.1, 0.15) is 5.69 Å². The predicted molar refractivity (Wildman–Crippen MR) is 136 cm³/mol. The predicted octanol–water partition coefficient (Wildman–Crippen LogP) is 3.59. The number of pyridine rings is 1. The molecule has 1 aliphatic rings. The SMILES string of the molecule is Cc1cc(C)c(C(=O)N2CCc3c(c(C(=O)NCc4ccccn4)nn3CCc3ccccc3)C2)[nH]1. The summed E-state index contributed by atoms with van der Waals surface area (Å²) in [6.07, 6.45) is 3.16. The Morgan fingerprint density at radius 3 is 2.61 bits per heavy atom. The second kappa shape index (κ2) is 10.2. The highest BCUT2D eigenvalue weighted by Gasteiger charge is 2.31. The molecule has 0 radical (unpaired) electrons. The molecular weight excluding hydrogens is 452 g/mol. The number of carbonyl (C=O) groups excluding carboxylic acids is 2. The van der Waals surface area contributed by atoms with Crippen molar-refractivity contribution < 1.29 is 9.59 Å². The van der Waals surface area contributed by atoms with E-state index in [-0.39, 0.29) is 11.8 Å². The molecule has 0 fully saturated rings. The summed E-state index contributed by atoms with van der Waals surface area (Å²) in [6.45, 7) is 5.79. The standard InChI is InChI=1S/C28H30N6O2/c1-19-16-20(2)31-25(19)28(36)33-14-12-24-23(18-33)26(27(35)30-17-22-10-6-7-13-29-22)32-34(24)15-11-21-8-4-3-5-9-21/h3-10,13,16,31H,11-12,14-15,17-18H2,1-2H3,(H,30,35). The molecule has 0 bridgehead atoms. The number of benzene rings is 1. The van der Waals surface area contributed by atoms with Crippen molar-refractivity contribution in [1.82, 2.24) is 30.0 Å². The molecule has 2 amide bonds. The highest BCUT2D eigenvalue weighted by Crippen LogP contribution is 2.25. The fraction of sp³-hybridized carbons (Fsp3) is 0.286. The largest absolute Gasteiger partial charge is 0.354 e. The number of fused-ring (bicyclic) bond motifs is 1. The van der Waals surface area contributed by atoms with Gasteiger partial charge in [-0.05, 0) is 49.6 Å². The molecule has 0 atom stereocenters. The number of hydrogen-bond acceptors (Lipinski definition) is 4. The molecule has 3 aromatic heterocycles. The number of carbonyl (C=O) groups is 2. The number of amides is 2. The van der Waals surface area contributed by atoms with Gasteiger partial charge in [-0.1, -0.05) is 36.4 Å². The maximum absolute atomic E-state index is 13.3. The Labute approximate surface area is 210 Å². The summed E-state index contributed by atoms with van der Waals surface area (Å²) >= 11 is 0. The lowest BCUT2D eigenvalue weighted by molar-refractivity contribution is 0.0724. The zero-order valence-corrected chi connectivity index (χ0v) is 20.6. The first-order valence-corrected chi connectivity index (χ1v) is 12.3. The van der Waals surface area contributed by atoms with Crippen LogP contribution < -0.4 is 5.32 Å². The van der Waals surface area contributed by atoms with Crippen molar-refractivity contribution in [3.8, 4) is 0 Å². The molecule has 4 heterocycles. The van der Waals surface area contributed by atoms with Gasteiger partial charge in [-0.2, -0.15) is 5.10 Å². The summed E-state index contributed by atoms with van der Waals surface area (Å²) < 4.78 is 1.95. The summed E-state index contributed by atoms with van der Waals surface area (Å²) in [5, 5.41) is 7.70. The second-order valence-corrected chi connectivity index (χ2v) is 9.22. The maximum atomic E-state index is 13.3. The van der Waals surface area contributed by atoms with E-state index in [1.807, 2.05) is 61.0 Å². The van der Waals surface area contributed by atoms with Gasteiger partial charge in [0.15, 0.2) is 5.69 Å². The van der Waals surface area contributed by atoms with Crippen LogP contribution in [0, 0.1) is 13.8 Å². The zero-order chi connectivity index (χ0) is 25.1. The molecular formula is C28H30N6O2. The van der Waals surface area contributed by atoms with Gasteiger partial charge in [-0.3, -0.25) is 19.3 Å². The molecule has 0 aliphatic carbocycles. The molecule has 0 saturated heterocycles. The van der Waals surface area contributed by atoms with Gasteiger partial charge in [0.2, 0.25) is 0 Å². The number of aromatic nitrogens is 4. The van der Waals surface area contributed by atoms with Crippen LogP contribution in [0.1, 0.15) is 54.7 Å². The van der Waals surface area contributed by atoms with Crippen molar-refractivity contribution >= 4 is 11.8 Å². The lowest BCUT2D eigenvalue weighted by Gasteiger charge is -2.28. The van der Waals surface area contributed by atoms with E-state index in [1.165, 1.54) is 5.56 Å². The third-order valence-electron chi connectivity index (χ3n) is 6.61. The Morgan fingerprint density at radius 1 is 1.08 bits per heavy atom. The van der Waals surface area contributed by atoms with Gasteiger partial charge in [0, 0.05) is 42.7 Å². The van der Waals surface area contributed by atoms with Crippen LogP contribution in [0.3, 0.4) is 0 Å². The van der Waals surface area contributed by atoms with Gasteiger partial charge < -0.3 is 15.2 Å². The van der Waals surface area contributed by atoms with Crippen LogP contribution in [0.2, 0.25) is 0 Å². The first-order valence-electron chi connectivity index (χ1n) is 12.3. The van der Waals surface area contributed by atoms with Gasteiger partial charge >= 0.3 is 0 Å². The van der Waals surface area contributed by atoms with Crippen molar-refractivity contribution in [2.75, 3.05) is 6.54 Å². The topological polar surface area (TPSA) is 95.9 Å². The molecule has 0 spiro atoms. The normalized spacial score (nSPS) is 12.9. The molecule has 1 aromatic carbocycles. The Kier molecular flexibility index (Phi) is 6.66. The lowest BCUT2D eigenvalue weighted by Crippen LogP contribution is -2.37. The van der Waals surface area contributed by atoms with Crippen molar-refractivity contribution in [2.45, 2.75) is 46.3 Å². The number of H-pyrrole nitrogens is 1. The maximum Gasteiger partial charge on any atom is 0.272 e. The van der Waals surface area contributed by atoms with E-state index in [1.54, 1.807) is 11.1 Å². The van der Waals surface area contributed by atoms with Crippen LogP contribution in [-0.2, 0) is 32.5 Å². The van der Waals surface area contributed by atoms with E-state index in [4.69, 9.17) is 5.10 Å². The summed E-state index contributed by atoms with van der Waals surface area (Å²) in [7, 11) is 0. The number of rotatable bonds is 7. The van der Waals surface area contributed by atoms with Crippen molar-refractivity contribution in [3.05, 3.63) is 106 Å². The summed E-state index contributed by atoms with van der Waals surface area (Å²) in [5.74, 6) is -0.306. The van der Waals surface area contributed by atoms with E-state index in [0.717, 1.165) is 34.6 Å². The molecule has 2 N–H and O–H groups in total. The Hall–Kier alpha value is -4.20. The van der Waals surface area contributed by atoms with Crippen LogP contribution in [0.4, 0.5) is 0 Å². The second-order valence-electron chi connectivity index (χ2n) is 9.22. The molecule has 184 valence electrons. The third kappa shape index (κ3) is 4.93. The fourth-order valence-electron chi connectivity index (χ4n) is 4.78. The molecule has 36 heavy (non-hydrogen) atoms. The average Bonchev–Trinajstić information content (AvgIpc) is 3.45. The number of aryl methyl sites for hydroxylation is 4. The molecule has 1 aliphatic heterocycles. The van der Waals surface area contributed by atoms with Crippen molar-refractivity contribution in [3.63, 3.8) is 0 Å². The van der Waals surface area contributed by atoms with Crippen LogP contribution in [0.25, 0.3) is 0 Å². The van der Waals surface area contributed by atoms with E-state index >= 15 is 0 Å². The van der Waals surface area contributed by atoms with E-state index < -0.39 is 0 Å². The smallest absolute Gasteiger partial charge is 0.272 e. The van der Waals surface area contributed by atoms with Crippen molar-refractivity contribution in [1.29, 1.82) is 0 Å². The third-order valence-corrected chi connectivity index (χ3v) is 6.61. The van der Waals surface area contributed by atoms with Crippen LogP contribution in [-0.4, -0.2) is 43.0 Å². The van der Waals surface area contributed by atoms with Gasteiger partial charge in [0.25, 0.3) is 11.8 Å². The van der Waals surface area contributed by atoms with Crippen LogP contribution >= 0.6 is 0 Å². The van der Waals surface area contributed by atoms with Gasteiger partial charge in [0.05, 0.1) is 18.8 Å². The molecule has 0 unspecified atom stereocenters. The molecule has 4 aromatic rings. The van der Waals surface area contributed by atoms with Gasteiger partial charge in [-0.25, -0.2) is 0 Å². The Morgan fingerprint density at radius 2 is 1.89 bits per heavy atom. The fourth-order valence-corrected chi connectivity index (χ4v) is 4.78. The Balaban J connectivity index is 1.40. The lowest BCUT2D eigenvalue weighted by atomic mass is 10.0. The number of nitrogens with zero attached hydrogens (tertiary/aromatic N) is 4. The highest BCUT2D eigenvalue weighted by molar-refractivity contribution is 5.96. The number of hydrogen-bond donors (Lipinski definition) is 2. The molecule has 0 saturated carbocycles. The quantitative estimate of drug-likeness (QED) is 0.421. The molecule has 5 rings (SSSR count). The summed E-state index contributed by atoms with van der Waals surface area (Å²) in [5.41, 5.74) is 6.71. The molecule has 8 nitrogen and oxygen atoms in total. The minimum atomic E-state index is -0.253. The summed E-state index contributed by atoms with van der Waals surface area (Å²) in [4.78, 5) is 35.8. The Bertz CT molecular complexity index is 1370. The monoisotopic (exact) mass is 482 g/mol. The molecule has 8 heteroatoms. The first-order chi connectivity index (χ1) is 17.5. The minimum absolute atomic E-state index is 0.0527. The zero-order valence-electron chi connectivity index (χ0n) is 20.6. The average molecular weight is 483 g/mol. The summed E-state index contributed by atoms with van der Waals surface area (Å²) in [6, 6.07) is 17.8. The highest BCUT2D eigenvalue weighted by atomic mass is 16.2. The first kappa shape index (κ1) is 23.5.